The maximum atomic E-state index is 10.1. The van der Waals surface area contributed by atoms with E-state index >= 15 is 0 Å². The van der Waals surface area contributed by atoms with Crippen LogP contribution in [-0.2, 0) is 4.74 Å². The van der Waals surface area contributed by atoms with E-state index in [9.17, 15) is 5.11 Å². The zero-order valence-corrected chi connectivity index (χ0v) is 12.5. The van der Waals surface area contributed by atoms with Crippen LogP contribution in [0.25, 0.3) is 11.1 Å². The molecule has 1 unspecified atom stereocenters. The van der Waals surface area contributed by atoms with Gasteiger partial charge in [0.1, 0.15) is 0 Å². The van der Waals surface area contributed by atoms with Crippen LogP contribution in [0, 0.1) is 0 Å². The lowest BCUT2D eigenvalue weighted by atomic mass is 10.0. The summed E-state index contributed by atoms with van der Waals surface area (Å²) in [6.07, 6.45) is 0.480. The number of ether oxygens (including phenoxy) is 1. The van der Waals surface area contributed by atoms with E-state index in [0.29, 0.717) is 6.54 Å². The van der Waals surface area contributed by atoms with E-state index < -0.39 is 6.10 Å². The van der Waals surface area contributed by atoms with Crippen molar-refractivity contribution in [3.05, 3.63) is 60.2 Å². The molecule has 2 rings (SSSR count). The molecule has 3 heteroatoms. The molecule has 0 fully saturated rings. The Morgan fingerprint density at radius 3 is 2.33 bits per heavy atom. The molecule has 1 atom stereocenters. The first-order valence-electron chi connectivity index (χ1n) is 7.34. The van der Waals surface area contributed by atoms with Crippen molar-refractivity contribution in [2.24, 2.45) is 0 Å². The van der Waals surface area contributed by atoms with Crippen LogP contribution in [0.2, 0.25) is 0 Å². The molecule has 0 saturated carbocycles. The van der Waals surface area contributed by atoms with Crippen molar-refractivity contribution < 1.29 is 9.84 Å². The van der Waals surface area contributed by atoms with Crippen LogP contribution in [-0.4, -0.2) is 31.9 Å². The fraction of sp³-hybridized carbons (Fsp3) is 0.333. The first-order chi connectivity index (χ1) is 10.3. The standard InChI is InChI=1S/C18H23NO2/c1-21-13-5-12-19-14-18(20)17-10-8-16(9-11-17)15-6-3-2-4-7-15/h2-4,6-11,18-20H,5,12-14H2,1H3. The quantitative estimate of drug-likeness (QED) is 0.733. The van der Waals surface area contributed by atoms with Gasteiger partial charge in [0.25, 0.3) is 0 Å². The van der Waals surface area contributed by atoms with Crippen LogP contribution in [0.15, 0.2) is 54.6 Å². The van der Waals surface area contributed by atoms with Gasteiger partial charge in [-0.25, -0.2) is 0 Å². The van der Waals surface area contributed by atoms with Gasteiger partial charge in [-0.15, -0.1) is 0 Å². The highest BCUT2D eigenvalue weighted by Crippen LogP contribution is 2.21. The summed E-state index contributed by atoms with van der Waals surface area (Å²) in [6, 6.07) is 18.3. The van der Waals surface area contributed by atoms with E-state index in [2.05, 4.69) is 29.6 Å². The van der Waals surface area contributed by atoms with E-state index in [4.69, 9.17) is 4.74 Å². The molecule has 0 aliphatic rings. The zero-order valence-electron chi connectivity index (χ0n) is 12.5. The molecule has 21 heavy (non-hydrogen) atoms. The molecule has 2 aromatic rings. The highest BCUT2D eigenvalue weighted by Gasteiger charge is 2.07. The van der Waals surface area contributed by atoms with Crippen molar-refractivity contribution in [2.75, 3.05) is 26.8 Å². The second kappa shape index (κ2) is 8.57. The average molecular weight is 285 g/mol. The van der Waals surface area contributed by atoms with Crippen LogP contribution in [0.4, 0.5) is 0 Å². The lowest BCUT2D eigenvalue weighted by Gasteiger charge is -2.13. The molecule has 0 amide bonds. The number of hydrogen-bond acceptors (Lipinski definition) is 3. The third kappa shape index (κ3) is 4.97. The lowest BCUT2D eigenvalue weighted by Crippen LogP contribution is -2.23. The Bertz CT molecular complexity index is 511. The summed E-state index contributed by atoms with van der Waals surface area (Å²) >= 11 is 0. The Morgan fingerprint density at radius 1 is 1.00 bits per heavy atom. The second-order valence-corrected chi connectivity index (χ2v) is 5.05. The number of rotatable bonds is 8. The van der Waals surface area contributed by atoms with Crippen molar-refractivity contribution in [3.63, 3.8) is 0 Å². The third-order valence-corrected chi connectivity index (χ3v) is 3.44. The Labute approximate surface area is 126 Å². The molecule has 2 aromatic carbocycles. The zero-order chi connectivity index (χ0) is 14.9. The molecule has 0 spiro atoms. The Kier molecular flexibility index (Phi) is 6.41. The maximum Gasteiger partial charge on any atom is 0.0914 e. The van der Waals surface area contributed by atoms with Gasteiger partial charge in [0.05, 0.1) is 6.10 Å². The van der Waals surface area contributed by atoms with Gasteiger partial charge >= 0.3 is 0 Å². The predicted octanol–water partition coefficient (Wildman–Crippen LogP) is 3.01. The second-order valence-electron chi connectivity index (χ2n) is 5.05. The summed E-state index contributed by atoms with van der Waals surface area (Å²) < 4.78 is 4.99. The molecule has 0 radical (unpaired) electrons. The van der Waals surface area contributed by atoms with Crippen LogP contribution >= 0.6 is 0 Å². The monoisotopic (exact) mass is 285 g/mol. The van der Waals surface area contributed by atoms with E-state index in [1.165, 1.54) is 11.1 Å². The molecule has 0 aliphatic carbocycles. The summed E-state index contributed by atoms with van der Waals surface area (Å²) in [5.41, 5.74) is 3.30. The molecule has 112 valence electrons. The Morgan fingerprint density at radius 2 is 1.67 bits per heavy atom. The SMILES string of the molecule is COCCCNCC(O)c1ccc(-c2ccccc2)cc1. The molecule has 2 N–H and O–H groups in total. The maximum absolute atomic E-state index is 10.1. The summed E-state index contributed by atoms with van der Waals surface area (Å²) in [4.78, 5) is 0. The minimum atomic E-state index is -0.475. The highest BCUT2D eigenvalue weighted by atomic mass is 16.5. The molecular formula is C18H23NO2. The van der Waals surface area contributed by atoms with Gasteiger partial charge in [-0.1, -0.05) is 54.6 Å². The van der Waals surface area contributed by atoms with Gasteiger partial charge in [0.2, 0.25) is 0 Å². The van der Waals surface area contributed by atoms with Gasteiger partial charge in [-0.3, -0.25) is 0 Å². The van der Waals surface area contributed by atoms with Crippen molar-refractivity contribution in [1.29, 1.82) is 0 Å². The summed E-state index contributed by atoms with van der Waals surface area (Å²) in [7, 11) is 1.70. The normalized spacial score (nSPS) is 12.3. The first-order valence-corrected chi connectivity index (χ1v) is 7.34. The van der Waals surface area contributed by atoms with Gasteiger partial charge < -0.3 is 15.2 Å². The Balaban J connectivity index is 1.87. The number of hydrogen-bond donors (Lipinski definition) is 2. The Hall–Kier alpha value is -1.68. The van der Waals surface area contributed by atoms with Gasteiger partial charge in [0.15, 0.2) is 0 Å². The molecule has 3 nitrogen and oxygen atoms in total. The van der Waals surface area contributed by atoms with Crippen LogP contribution in [0.1, 0.15) is 18.1 Å². The van der Waals surface area contributed by atoms with Crippen molar-refractivity contribution >= 4 is 0 Å². The topological polar surface area (TPSA) is 41.5 Å². The highest BCUT2D eigenvalue weighted by molar-refractivity contribution is 5.63. The van der Waals surface area contributed by atoms with Crippen LogP contribution < -0.4 is 5.32 Å². The average Bonchev–Trinajstić information content (AvgIpc) is 2.55. The van der Waals surface area contributed by atoms with Crippen molar-refractivity contribution in [2.45, 2.75) is 12.5 Å². The summed E-state index contributed by atoms with van der Waals surface area (Å²) in [5, 5.41) is 13.4. The largest absolute Gasteiger partial charge is 0.387 e. The van der Waals surface area contributed by atoms with Gasteiger partial charge in [0, 0.05) is 20.3 Å². The van der Waals surface area contributed by atoms with Crippen molar-refractivity contribution in [1.82, 2.24) is 5.32 Å². The van der Waals surface area contributed by atoms with E-state index in [0.717, 1.165) is 25.1 Å². The minimum absolute atomic E-state index is 0.475. The molecule has 0 bridgehead atoms. The molecule has 0 aromatic heterocycles. The fourth-order valence-electron chi connectivity index (χ4n) is 2.23. The van der Waals surface area contributed by atoms with Crippen molar-refractivity contribution in [3.8, 4) is 11.1 Å². The van der Waals surface area contributed by atoms with E-state index in [1.54, 1.807) is 7.11 Å². The summed E-state index contributed by atoms with van der Waals surface area (Å²) in [6.45, 7) is 2.16. The van der Waals surface area contributed by atoms with E-state index in [1.807, 2.05) is 30.3 Å². The fourth-order valence-corrected chi connectivity index (χ4v) is 2.23. The summed E-state index contributed by atoms with van der Waals surface area (Å²) in [5.74, 6) is 0. The smallest absolute Gasteiger partial charge is 0.0914 e. The molecule has 0 saturated heterocycles. The lowest BCUT2D eigenvalue weighted by molar-refractivity contribution is 0.168. The van der Waals surface area contributed by atoms with Gasteiger partial charge in [-0.2, -0.15) is 0 Å². The number of nitrogens with one attached hydrogen (secondary N) is 1. The predicted molar refractivity (Wildman–Crippen MR) is 86.2 cm³/mol. The molecular weight excluding hydrogens is 262 g/mol. The van der Waals surface area contributed by atoms with Gasteiger partial charge in [-0.05, 0) is 29.7 Å². The van der Waals surface area contributed by atoms with Crippen LogP contribution in [0.5, 0.6) is 0 Å². The molecule has 0 heterocycles. The van der Waals surface area contributed by atoms with E-state index in [-0.39, 0.29) is 0 Å². The van der Waals surface area contributed by atoms with Crippen LogP contribution in [0.3, 0.4) is 0 Å². The number of aliphatic hydroxyl groups excluding tert-OH is 1. The first kappa shape index (κ1) is 15.7. The number of aliphatic hydroxyl groups is 1. The minimum Gasteiger partial charge on any atom is -0.387 e. The molecule has 0 aliphatic heterocycles. The number of benzene rings is 2. The number of methoxy groups -OCH3 is 1. The third-order valence-electron chi connectivity index (χ3n) is 3.44.